The predicted octanol–water partition coefficient (Wildman–Crippen LogP) is 1.12. The zero-order valence-electron chi connectivity index (χ0n) is 10.1. The maximum Gasteiger partial charge on any atom is 0.251 e. The van der Waals surface area contributed by atoms with E-state index in [9.17, 15) is 14.4 Å². The van der Waals surface area contributed by atoms with Gasteiger partial charge in [0.2, 0.25) is 11.8 Å². The lowest BCUT2D eigenvalue weighted by Gasteiger charge is -2.21. The van der Waals surface area contributed by atoms with Crippen molar-refractivity contribution in [1.29, 1.82) is 0 Å². The second kappa shape index (κ2) is 5.97. The second-order valence-corrected chi connectivity index (χ2v) is 4.87. The molecule has 1 aromatic rings. The van der Waals surface area contributed by atoms with Crippen LogP contribution in [0.3, 0.4) is 0 Å². The summed E-state index contributed by atoms with van der Waals surface area (Å²) in [5.41, 5.74) is 1.56. The fourth-order valence-electron chi connectivity index (χ4n) is 1.82. The van der Waals surface area contributed by atoms with Crippen LogP contribution in [0.15, 0.2) is 24.3 Å². The first-order chi connectivity index (χ1) is 9.10. The number of carbonyl (C=O) groups excluding carboxylic acids is 3. The number of benzene rings is 1. The van der Waals surface area contributed by atoms with Crippen LogP contribution >= 0.6 is 15.9 Å². The van der Waals surface area contributed by atoms with E-state index in [-0.39, 0.29) is 18.2 Å². The quantitative estimate of drug-likeness (QED) is 0.646. The van der Waals surface area contributed by atoms with Crippen LogP contribution in [-0.4, -0.2) is 23.8 Å². The Hall–Kier alpha value is -1.69. The van der Waals surface area contributed by atoms with Crippen LogP contribution < -0.4 is 10.6 Å². The SMILES string of the molecule is O=C1CCC(NC(=O)c2ccc(CBr)cc2)C(=O)N1. The van der Waals surface area contributed by atoms with Gasteiger partial charge >= 0.3 is 0 Å². The Bertz CT molecular complexity index is 513. The molecule has 1 aromatic carbocycles. The molecule has 1 fully saturated rings. The summed E-state index contributed by atoms with van der Waals surface area (Å²) < 4.78 is 0. The van der Waals surface area contributed by atoms with Crippen molar-refractivity contribution in [2.45, 2.75) is 24.2 Å². The van der Waals surface area contributed by atoms with Crippen LogP contribution in [-0.2, 0) is 14.9 Å². The van der Waals surface area contributed by atoms with E-state index in [4.69, 9.17) is 0 Å². The molecule has 6 heteroatoms. The molecule has 100 valence electrons. The van der Waals surface area contributed by atoms with Crippen molar-refractivity contribution >= 4 is 33.7 Å². The van der Waals surface area contributed by atoms with Crippen molar-refractivity contribution in [2.75, 3.05) is 0 Å². The van der Waals surface area contributed by atoms with Crippen LogP contribution in [0.1, 0.15) is 28.8 Å². The summed E-state index contributed by atoms with van der Waals surface area (Å²) in [7, 11) is 0. The number of imide groups is 1. The molecule has 0 radical (unpaired) electrons. The summed E-state index contributed by atoms with van der Waals surface area (Å²) in [5.74, 6) is -1.05. The lowest BCUT2D eigenvalue weighted by Crippen LogP contribution is -2.52. The Labute approximate surface area is 118 Å². The number of hydrogen-bond donors (Lipinski definition) is 2. The number of carbonyl (C=O) groups is 3. The number of piperidine rings is 1. The van der Waals surface area contributed by atoms with Crippen molar-refractivity contribution in [2.24, 2.45) is 0 Å². The molecule has 2 rings (SSSR count). The highest BCUT2D eigenvalue weighted by atomic mass is 79.9. The second-order valence-electron chi connectivity index (χ2n) is 4.31. The van der Waals surface area contributed by atoms with E-state index in [1.807, 2.05) is 12.1 Å². The first-order valence-corrected chi connectivity index (χ1v) is 7.02. The largest absolute Gasteiger partial charge is 0.340 e. The molecule has 3 amide bonds. The molecule has 1 aliphatic heterocycles. The Balaban J connectivity index is 2.00. The van der Waals surface area contributed by atoms with Gasteiger partial charge < -0.3 is 5.32 Å². The molecule has 0 aliphatic carbocycles. The molecule has 1 heterocycles. The highest BCUT2D eigenvalue weighted by Crippen LogP contribution is 2.09. The van der Waals surface area contributed by atoms with Crippen molar-refractivity contribution in [3.8, 4) is 0 Å². The van der Waals surface area contributed by atoms with Gasteiger partial charge in [0.25, 0.3) is 5.91 Å². The predicted molar refractivity (Wildman–Crippen MR) is 72.7 cm³/mol. The summed E-state index contributed by atoms with van der Waals surface area (Å²) in [4.78, 5) is 34.5. The molecule has 0 bridgehead atoms. The molecule has 0 aromatic heterocycles. The molecule has 2 N–H and O–H groups in total. The smallest absolute Gasteiger partial charge is 0.251 e. The van der Waals surface area contributed by atoms with E-state index in [2.05, 4.69) is 26.6 Å². The molecule has 0 saturated carbocycles. The van der Waals surface area contributed by atoms with Gasteiger partial charge in [-0.15, -0.1) is 0 Å². The maximum absolute atomic E-state index is 12.0. The van der Waals surface area contributed by atoms with E-state index in [0.29, 0.717) is 12.0 Å². The van der Waals surface area contributed by atoms with E-state index in [1.165, 1.54) is 0 Å². The topological polar surface area (TPSA) is 75.3 Å². The first kappa shape index (κ1) is 13.7. The van der Waals surface area contributed by atoms with E-state index >= 15 is 0 Å². The number of halogens is 1. The standard InChI is InChI=1S/C13H13BrN2O3/c14-7-8-1-3-9(4-2-8)12(18)15-10-5-6-11(17)16-13(10)19/h1-4,10H,5-7H2,(H,15,18)(H,16,17,19). The van der Waals surface area contributed by atoms with Crippen molar-refractivity contribution in [1.82, 2.24) is 10.6 Å². The number of nitrogens with one attached hydrogen (secondary N) is 2. The van der Waals surface area contributed by atoms with Crippen LogP contribution in [0.5, 0.6) is 0 Å². The Kier molecular flexibility index (Phi) is 4.31. The molecule has 1 atom stereocenters. The number of hydrogen-bond acceptors (Lipinski definition) is 3. The lowest BCUT2D eigenvalue weighted by atomic mass is 10.1. The molecule has 5 nitrogen and oxygen atoms in total. The minimum absolute atomic E-state index is 0.249. The number of amides is 3. The Morgan fingerprint density at radius 2 is 2.00 bits per heavy atom. The van der Waals surface area contributed by atoms with Gasteiger partial charge in [-0.1, -0.05) is 28.1 Å². The third-order valence-electron chi connectivity index (χ3n) is 2.91. The van der Waals surface area contributed by atoms with E-state index in [0.717, 1.165) is 10.9 Å². The molecular weight excluding hydrogens is 312 g/mol. The lowest BCUT2D eigenvalue weighted by molar-refractivity contribution is -0.134. The van der Waals surface area contributed by atoms with Crippen LogP contribution in [0.4, 0.5) is 0 Å². The highest BCUT2D eigenvalue weighted by molar-refractivity contribution is 9.08. The van der Waals surface area contributed by atoms with Gasteiger partial charge in [0.05, 0.1) is 0 Å². The summed E-state index contributed by atoms with van der Waals surface area (Å²) in [6.07, 6.45) is 0.592. The normalized spacial score (nSPS) is 18.9. The van der Waals surface area contributed by atoms with Crippen molar-refractivity contribution < 1.29 is 14.4 Å². The first-order valence-electron chi connectivity index (χ1n) is 5.89. The summed E-state index contributed by atoms with van der Waals surface area (Å²) in [6, 6.07) is 6.46. The van der Waals surface area contributed by atoms with Crippen LogP contribution in [0.25, 0.3) is 0 Å². The minimum atomic E-state index is -0.638. The van der Waals surface area contributed by atoms with Crippen molar-refractivity contribution in [3.63, 3.8) is 0 Å². The third-order valence-corrected chi connectivity index (χ3v) is 3.56. The van der Waals surface area contributed by atoms with Crippen LogP contribution in [0, 0.1) is 0 Å². The zero-order chi connectivity index (χ0) is 13.8. The molecule has 19 heavy (non-hydrogen) atoms. The maximum atomic E-state index is 12.0. The highest BCUT2D eigenvalue weighted by Gasteiger charge is 2.27. The van der Waals surface area contributed by atoms with Gasteiger partial charge in [-0.25, -0.2) is 0 Å². The number of alkyl halides is 1. The Morgan fingerprint density at radius 3 is 2.58 bits per heavy atom. The van der Waals surface area contributed by atoms with Crippen LogP contribution in [0.2, 0.25) is 0 Å². The molecular formula is C13H13BrN2O3. The van der Waals surface area contributed by atoms with Crippen molar-refractivity contribution in [3.05, 3.63) is 35.4 Å². The molecule has 1 unspecified atom stereocenters. The molecule has 1 aliphatic rings. The van der Waals surface area contributed by atoms with Gasteiger partial charge in [0.15, 0.2) is 0 Å². The van der Waals surface area contributed by atoms with Gasteiger partial charge in [-0.3, -0.25) is 19.7 Å². The van der Waals surface area contributed by atoms with E-state index < -0.39 is 11.9 Å². The Morgan fingerprint density at radius 1 is 1.32 bits per heavy atom. The zero-order valence-corrected chi connectivity index (χ0v) is 11.7. The molecule has 1 saturated heterocycles. The fourth-order valence-corrected chi connectivity index (χ4v) is 2.19. The monoisotopic (exact) mass is 324 g/mol. The average Bonchev–Trinajstić information content (AvgIpc) is 2.42. The number of rotatable bonds is 3. The third kappa shape index (κ3) is 3.41. The van der Waals surface area contributed by atoms with Gasteiger partial charge in [0.1, 0.15) is 6.04 Å². The van der Waals surface area contributed by atoms with Gasteiger partial charge in [0, 0.05) is 17.3 Å². The summed E-state index contributed by atoms with van der Waals surface area (Å²) >= 11 is 3.33. The average molecular weight is 325 g/mol. The fraction of sp³-hybridized carbons (Fsp3) is 0.308. The minimum Gasteiger partial charge on any atom is -0.340 e. The van der Waals surface area contributed by atoms with E-state index in [1.54, 1.807) is 12.1 Å². The summed E-state index contributed by atoms with van der Waals surface area (Å²) in [6.45, 7) is 0. The van der Waals surface area contributed by atoms with Gasteiger partial charge in [-0.2, -0.15) is 0 Å². The summed E-state index contributed by atoms with van der Waals surface area (Å²) in [5, 5.41) is 5.56. The van der Waals surface area contributed by atoms with Gasteiger partial charge in [-0.05, 0) is 24.1 Å². The molecule has 0 spiro atoms.